The van der Waals surface area contributed by atoms with Crippen molar-refractivity contribution in [1.29, 1.82) is 0 Å². The van der Waals surface area contributed by atoms with E-state index in [-0.39, 0.29) is 0 Å². The average molecular weight is 258 g/mol. The van der Waals surface area contributed by atoms with Crippen LogP contribution in [-0.4, -0.2) is 12.6 Å². The van der Waals surface area contributed by atoms with Crippen LogP contribution in [0.5, 0.6) is 0 Å². The fraction of sp³-hybridized carbons (Fsp3) is 0.692. The molecule has 0 radical (unpaired) electrons. The maximum Gasteiger partial charge on any atom is 0.0931 e. The second kappa shape index (κ2) is 5.52. The van der Waals surface area contributed by atoms with Crippen LogP contribution in [0, 0.1) is 11.8 Å². The summed E-state index contributed by atoms with van der Waals surface area (Å²) in [6.07, 6.45) is 3.90. The van der Waals surface area contributed by atoms with Crippen molar-refractivity contribution < 1.29 is 0 Å². The molecular formula is C13H20ClNS. The molecule has 2 rings (SSSR count). The Morgan fingerprint density at radius 1 is 1.44 bits per heavy atom. The third kappa shape index (κ3) is 3.76. The van der Waals surface area contributed by atoms with Crippen molar-refractivity contribution in [3.63, 3.8) is 0 Å². The Bertz CT molecular complexity index is 330. The topological polar surface area (TPSA) is 12.0 Å². The van der Waals surface area contributed by atoms with Crippen molar-refractivity contribution in [3.8, 4) is 0 Å². The van der Waals surface area contributed by atoms with Gasteiger partial charge in [0.05, 0.1) is 4.34 Å². The molecule has 90 valence electrons. The normalized spacial score (nSPS) is 18.0. The first-order valence-corrected chi connectivity index (χ1v) is 7.32. The molecule has 0 aliphatic heterocycles. The Kier molecular flexibility index (Phi) is 4.28. The molecule has 0 aromatic carbocycles. The monoisotopic (exact) mass is 257 g/mol. The van der Waals surface area contributed by atoms with E-state index < -0.39 is 0 Å². The first-order chi connectivity index (χ1) is 7.65. The number of hydrogen-bond donors (Lipinski definition) is 1. The Balaban J connectivity index is 1.85. The maximum atomic E-state index is 5.96. The molecule has 16 heavy (non-hydrogen) atoms. The van der Waals surface area contributed by atoms with E-state index in [1.165, 1.54) is 17.7 Å². The Morgan fingerprint density at radius 2 is 2.19 bits per heavy atom. The lowest BCUT2D eigenvalue weighted by Gasteiger charge is -2.20. The van der Waals surface area contributed by atoms with Crippen molar-refractivity contribution in [2.75, 3.05) is 6.54 Å². The molecule has 0 bridgehead atoms. The molecule has 0 amide bonds. The third-order valence-electron chi connectivity index (χ3n) is 3.28. The van der Waals surface area contributed by atoms with Crippen molar-refractivity contribution in [1.82, 2.24) is 5.32 Å². The lowest BCUT2D eigenvalue weighted by molar-refractivity contribution is 0.361. The van der Waals surface area contributed by atoms with E-state index in [0.717, 1.165) is 35.2 Å². The number of hydrogen-bond acceptors (Lipinski definition) is 2. The molecule has 1 aromatic rings. The van der Waals surface area contributed by atoms with Gasteiger partial charge in [0.15, 0.2) is 0 Å². The molecule has 3 heteroatoms. The van der Waals surface area contributed by atoms with Crippen LogP contribution in [-0.2, 0) is 6.42 Å². The van der Waals surface area contributed by atoms with Crippen LogP contribution in [0.3, 0.4) is 0 Å². The maximum absolute atomic E-state index is 5.96. The molecule has 1 aliphatic rings. The molecule has 1 aliphatic carbocycles. The van der Waals surface area contributed by atoms with Gasteiger partial charge >= 0.3 is 0 Å². The van der Waals surface area contributed by atoms with Gasteiger partial charge in [-0.25, -0.2) is 0 Å². The lowest BCUT2D eigenvalue weighted by Crippen LogP contribution is -2.29. The first kappa shape index (κ1) is 12.4. The van der Waals surface area contributed by atoms with Gasteiger partial charge in [0, 0.05) is 10.9 Å². The van der Waals surface area contributed by atoms with E-state index in [4.69, 9.17) is 11.6 Å². The summed E-state index contributed by atoms with van der Waals surface area (Å²) < 4.78 is 0.910. The van der Waals surface area contributed by atoms with Crippen LogP contribution in [0.4, 0.5) is 0 Å². The second-order valence-electron chi connectivity index (χ2n) is 5.10. The van der Waals surface area contributed by atoms with E-state index in [1.54, 1.807) is 11.3 Å². The van der Waals surface area contributed by atoms with Crippen molar-refractivity contribution >= 4 is 22.9 Å². The van der Waals surface area contributed by atoms with Crippen molar-refractivity contribution in [3.05, 3.63) is 21.3 Å². The zero-order valence-corrected chi connectivity index (χ0v) is 11.6. The van der Waals surface area contributed by atoms with Crippen molar-refractivity contribution in [2.24, 2.45) is 11.8 Å². The summed E-state index contributed by atoms with van der Waals surface area (Å²) >= 11 is 7.68. The fourth-order valence-electron chi connectivity index (χ4n) is 1.87. The summed E-state index contributed by atoms with van der Waals surface area (Å²) in [4.78, 5) is 1.42. The van der Waals surface area contributed by atoms with Gasteiger partial charge in [-0.15, -0.1) is 11.3 Å². The van der Waals surface area contributed by atoms with E-state index in [0.29, 0.717) is 0 Å². The average Bonchev–Trinajstić information content (AvgIpc) is 2.96. The van der Waals surface area contributed by atoms with Gasteiger partial charge in [0.1, 0.15) is 0 Å². The third-order valence-corrected chi connectivity index (χ3v) is 4.53. The van der Waals surface area contributed by atoms with Crippen LogP contribution in [0.1, 0.15) is 31.6 Å². The predicted molar refractivity (Wildman–Crippen MR) is 72.4 cm³/mol. The van der Waals surface area contributed by atoms with Gasteiger partial charge in [0.25, 0.3) is 0 Å². The number of nitrogens with one attached hydrogen (secondary N) is 1. The van der Waals surface area contributed by atoms with Crippen LogP contribution in [0.15, 0.2) is 12.1 Å². The van der Waals surface area contributed by atoms with Crippen LogP contribution < -0.4 is 5.32 Å². The standard InChI is InChI=1S/C13H20ClNS/c1-9(2)10(8-15-11-3-4-11)7-12-5-6-13(14)16-12/h5-6,9-11,15H,3-4,7-8H2,1-2H3. The molecule has 1 unspecified atom stereocenters. The summed E-state index contributed by atoms with van der Waals surface area (Å²) in [5, 5.41) is 3.64. The summed E-state index contributed by atoms with van der Waals surface area (Å²) in [5.74, 6) is 1.46. The number of halogens is 1. The smallest absolute Gasteiger partial charge is 0.0931 e. The minimum absolute atomic E-state index is 0.729. The minimum Gasteiger partial charge on any atom is -0.314 e. The minimum atomic E-state index is 0.729. The largest absolute Gasteiger partial charge is 0.314 e. The molecule has 0 saturated heterocycles. The Labute approximate surface area is 107 Å². The first-order valence-electron chi connectivity index (χ1n) is 6.12. The highest BCUT2D eigenvalue weighted by molar-refractivity contribution is 7.16. The Hall–Kier alpha value is -0.0500. The molecule has 1 nitrogen and oxygen atoms in total. The number of thiophene rings is 1. The summed E-state index contributed by atoms with van der Waals surface area (Å²) in [6, 6.07) is 4.99. The second-order valence-corrected chi connectivity index (χ2v) is 6.90. The predicted octanol–water partition coefficient (Wildman–Crippen LogP) is 3.97. The van der Waals surface area contributed by atoms with Crippen LogP contribution in [0.25, 0.3) is 0 Å². The van der Waals surface area contributed by atoms with E-state index in [1.807, 2.05) is 6.07 Å². The molecule has 1 saturated carbocycles. The quantitative estimate of drug-likeness (QED) is 0.813. The lowest BCUT2D eigenvalue weighted by atomic mass is 9.92. The Morgan fingerprint density at radius 3 is 2.69 bits per heavy atom. The highest BCUT2D eigenvalue weighted by Gasteiger charge is 2.23. The van der Waals surface area contributed by atoms with Crippen molar-refractivity contribution in [2.45, 2.75) is 39.2 Å². The SMILES string of the molecule is CC(C)C(CNC1CC1)Cc1ccc(Cl)s1. The van der Waals surface area contributed by atoms with Gasteiger partial charge in [-0.2, -0.15) is 0 Å². The number of rotatable bonds is 6. The summed E-state index contributed by atoms with van der Waals surface area (Å²) in [7, 11) is 0. The zero-order valence-electron chi connectivity index (χ0n) is 10.0. The van der Waals surface area contributed by atoms with Crippen LogP contribution in [0.2, 0.25) is 4.34 Å². The molecule has 1 heterocycles. The zero-order chi connectivity index (χ0) is 11.5. The van der Waals surface area contributed by atoms with Gasteiger partial charge in [-0.05, 0) is 49.8 Å². The van der Waals surface area contributed by atoms with E-state index in [2.05, 4.69) is 25.2 Å². The van der Waals surface area contributed by atoms with Gasteiger partial charge in [0.2, 0.25) is 0 Å². The molecule has 1 fully saturated rings. The molecule has 0 spiro atoms. The van der Waals surface area contributed by atoms with Gasteiger partial charge < -0.3 is 5.32 Å². The van der Waals surface area contributed by atoms with Gasteiger partial charge in [-0.1, -0.05) is 25.4 Å². The summed E-state index contributed by atoms with van der Waals surface area (Å²) in [6.45, 7) is 5.78. The van der Waals surface area contributed by atoms with E-state index >= 15 is 0 Å². The van der Waals surface area contributed by atoms with E-state index in [9.17, 15) is 0 Å². The van der Waals surface area contributed by atoms with Crippen LogP contribution >= 0.6 is 22.9 Å². The fourth-order valence-corrected chi connectivity index (χ4v) is 3.05. The summed E-state index contributed by atoms with van der Waals surface area (Å²) in [5.41, 5.74) is 0. The molecule has 1 atom stereocenters. The highest BCUT2D eigenvalue weighted by Crippen LogP contribution is 2.27. The molecule has 1 aromatic heterocycles. The molecule has 1 N–H and O–H groups in total. The molecular weight excluding hydrogens is 238 g/mol. The van der Waals surface area contributed by atoms with Gasteiger partial charge in [-0.3, -0.25) is 0 Å². The highest BCUT2D eigenvalue weighted by atomic mass is 35.5.